The lowest BCUT2D eigenvalue weighted by atomic mass is 10.3. The average Bonchev–Trinajstić information content (AvgIpc) is 2.06. The maximum absolute atomic E-state index is 11.4. The van der Waals surface area contributed by atoms with Gasteiger partial charge >= 0.3 is 5.97 Å². The zero-order valence-electron chi connectivity index (χ0n) is 7.96. The Morgan fingerprint density at radius 1 is 1.53 bits per heavy atom. The van der Waals surface area contributed by atoms with Gasteiger partial charge in [-0.3, -0.25) is 9.36 Å². The van der Waals surface area contributed by atoms with Gasteiger partial charge in [0.05, 0.1) is 6.20 Å². The molecule has 82 valence electrons. The van der Waals surface area contributed by atoms with Gasteiger partial charge in [-0.05, 0) is 0 Å². The maximum atomic E-state index is 11.4. The Morgan fingerprint density at radius 3 is 2.47 bits per heavy atom. The molecule has 0 aliphatic rings. The minimum atomic E-state index is -3.64. The van der Waals surface area contributed by atoms with E-state index in [-0.39, 0.29) is 0 Å². The number of carbonyl (C=O) groups is 1. The van der Waals surface area contributed by atoms with E-state index < -0.39 is 32.1 Å². The molecule has 8 heteroatoms. The average molecular weight is 232 g/mol. The summed E-state index contributed by atoms with van der Waals surface area (Å²) in [4.78, 5) is 25.3. The summed E-state index contributed by atoms with van der Waals surface area (Å²) in [6.45, 7) is 0. The SMILES string of the molecule is Cn1c(S(C)(=O)=O)ncc(C(=O)O)c1=O. The van der Waals surface area contributed by atoms with Gasteiger partial charge in [0.2, 0.25) is 15.0 Å². The summed E-state index contributed by atoms with van der Waals surface area (Å²) in [5.41, 5.74) is -1.47. The largest absolute Gasteiger partial charge is 0.477 e. The Labute approximate surface area is 84.9 Å². The van der Waals surface area contributed by atoms with Crippen molar-refractivity contribution in [1.29, 1.82) is 0 Å². The van der Waals surface area contributed by atoms with Crippen molar-refractivity contribution in [3.05, 3.63) is 22.1 Å². The second-order valence-electron chi connectivity index (χ2n) is 2.90. The summed E-state index contributed by atoms with van der Waals surface area (Å²) >= 11 is 0. The van der Waals surface area contributed by atoms with Gasteiger partial charge in [0.15, 0.2) is 0 Å². The molecule has 0 atom stereocenters. The van der Waals surface area contributed by atoms with Crippen molar-refractivity contribution in [3.8, 4) is 0 Å². The molecule has 0 bridgehead atoms. The van der Waals surface area contributed by atoms with Gasteiger partial charge in [-0.1, -0.05) is 0 Å². The molecule has 0 amide bonds. The third-order valence-electron chi connectivity index (χ3n) is 1.69. The fourth-order valence-corrected chi connectivity index (χ4v) is 1.84. The number of carboxylic acid groups (broad SMARTS) is 1. The lowest BCUT2D eigenvalue weighted by Crippen LogP contribution is -2.29. The number of sulfone groups is 1. The second-order valence-corrected chi connectivity index (χ2v) is 4.81. The lowest BCUT2D eigenvalue weighted by Gasteiger charge is -2.04. The topological polar surface area (TPSA) is 106 Å². The molecule has 0 saturated carbocycles. The third kappa shape index (κ3) is 2.04. The van der Waals surface area contributed by atoms with E-state index in [4.69, 9.17) is 5.11 Å². The molecule has 1 heterocycles. The lowest BCUT2D eigenvalue weighted by molar-refractivity contribution is 0.0693. The minimum Gasteiger partial charge on any atom is -0.477 e. The Morgan fingerprint density at radius 2 is 2.07 bits per heavy atom. The van der Waals surface area contributed by atoms with Crippen LogP contribution in [-0.2, 0) is 16.9 Å². The monoisotopic (exact) mass is 232 g/mol. The van der Waals surface area contributed by atoms with Crippen LogP contribution in [0, 0.1) is 0 Å². The summed E-state index contributed by atoms with van der Waals surface area (Å²) in [5, 5.41) is 8.12. The van der Waals surface area contributed by atoms with Crippen LogP contribution >= 0.6 is 0 Å². The summed E-state index contributed by atoms with van der Waals surface area (Å²) < 4.78 is 22.9. The van der Waals surface area contributed by atoms with Crippen LogP contribution in [0.2, 0.25) is 0 Å². The van der Waals surface area contributed by atoms with Gasteiger partial charge in [0.25, 0.3) is 5.56 Å². The molecular weight excluding hydrogens is 224 g/mol. The highest BCUT2D eigenvalue weighted by Gasteiger charge is 2.18. The maximum Gasteiger partial charge on any atom is 0.342 e. The van der Waals surface area contributed by atoms with Crippen molar-refractivity contribution in [2.75, 3.05) is 6.26 Å². The van der Waals surface area contributed by atoms with Crippen LogP contribution in [0.5, 0.6) is 0 Å². The molecule has 0 aliphatic heterocycles. The van der Waals surface area contributed by atoms with Crippen LogP contribution in [0.3, 0.4) is 0 Å². The van der Waals surface area contributed by atoms with Gasteiger partial charge in [-0.15, -0.1) is 0 Å². The Kier molecular flexibility index (Phi) is 2.63. The van der Waals surface area contributed by atoms with E-state index in [1.165, 1.54) is 0 Å². The zero-order valence-corrected chi connectivity index (χ0v) is 8.78. The van der Waals surface area contributed by atoms with Crippen LogP contribution in [-0.4, -0.2) is 35.3 Å². The Hall–Kier alpha value is -1.70. The molecule has 0 saturated heterocycles. The summed E-state index contributed by atoms with van der Waals surface area (Å²) in [6.07, 6.45) is 1.62. The highest BCUT2D eigenvalue weighted by atomic mass is 32.2. The number of rotatable bonds is 2. The molecule has 0 fully saturated rings. The van der Waals surface area contributed by atoms with Gasteiger partial charge in [-0.25, -0.2) is 18.2 Å². The number of aromatic carboxylic acids is 1. The first-order chi connectivity index (χ1) is 6.75. The van der Waals surface area contributed by atoms with Gasteiger partial charge in [0.1, 0.15) is 5.56 Å². The van der Waals surface area contributed by atoms with Crippen molar-refractivity contribution in [2.24, 2.45) is 7.05 Å². The number of aromatic nitrogens is 2. The van der Waals surface area contributed by atoms with Crippen LogP contribution in [0.4, 0.5) is 0 Å². The minimum absolute atomic E-state index is 0.461. The number of hydrogen-bond donors (Lipinski definition) is 1. The first-order valence-electron chi connectivity index (χ1n) is 3.74. The predicted octanol–water partition coefficient (Wildman–Crippen LogP) is -1.12. The van der Waals surface area contributed by atoms with E-state index in [1.54, 1.807) is 0 Å². The van der Waals surface area contributed by atoms with Gasteiger partial charge < -0.3 is 5.11 Å². The van der Waals surface area contributed by atoms with Crippen molar-refractivity contribution in [2.45, 2.75) is 5.16 Å². The number of carboxylic acids is 1. The van der Waals surface area contributed by atoms with Crippen LogP contribution in [0.1, 0.15) is 10.4 Å². The van der Waals surface area contributed by atoms with Gasteiger partial charge in [-0.2, -0.15) is 0 Å². The molecule has 0 radical (unpaired) electrons. The quantitative estimate of drug-likeness (QED) is 0.647. The van der Waals surface area contributed by atoms with E-state index in [9.17, 15) is 18.0 Å². The summed E-state index contributed by atoms with van der Waals surface area (Å²) in [5.74, 6) is -1.44. The van der Waals surface area contributed by atoms with E-state index >= 15 is 0 Å². The highest BCUT2D eigenvalue weighted by molar-refractivity contribution is 7.90. The summed E-state index contributed by atoms with van der Waals surface area (Å²) in [6, 6.07) is 0. The fourth-order valence-electron chi connectivity index (χ4n) is 1.02. The standard InChI is InChI=1S/C7H8N2O5S/c1-9-5(10)4(6(11)12)3-8-7(9)15(2,13)14/h3H,1-2H3,(H,11,12). The van der Waals surface area contributed by atoms with E-state index in [1.807, 2.05) is 0 Å². The molecular formula is C7H8N2O5S. The molecule has 0 unspecified atom stereocenters. The van der Waals surface area contributed by atoms with Crippen molar-refractivity contribution in [1.82, 2.24) is 9.55 Å². The van der Waals surface area contributed by atoms with Crippen molar-refractivity contribution < 1.29 is 18.3 Å². The smallest absolute Gasteiger partial charge is 0.342 e. The normalized spacial score (nSPS) is 11.3. The van der Waals surface area contributed by atoms with Crippen LogP contribution < -0.4 is 5.56 Å². The van der Waals surface area contributed by atoms with Crippen molar-refractivity contribution >= 4 is 15.8 Å². The molecule has 7 nitrogen and oxygen atoms in total. The molecule has 0 aromatic carbocycles. The van der Waals surface area contributed by atoms with Crippen molar-refractivity contribution in [3.63, 3.8) is 0 Å². The van der Waals surface area contributed by atoms with E-state index in [2.05, 4.69) is 4.98 Å². The number of nitrogens with zero attached hydrogens (tertiary/aromatic N) is 2. The van der Waals surface area contributed by atoms with Crippen LogP contribution in [0.25, 0.3) is 0 Å². The Balaban J connectivity index is 3.63. The second kappa shape index (κ2) is 3.46. The first kappa shape index (κ1) is 11.4. The molecule has 1 rings (SSSR count). The molecule has 1 N–H and O–H groups in total. The van der Waals surface area contributed by atoms with E-state index in [0.717, 1.165) is 19.5 Å². The molecule has 1 aromatic heterocycles. The first-order valence-corrected chi connectivity index (χ1v) is 5.63. The van der Waals surface area contributed by atoms with E-state index in [0.29, 0.717) is 4.57 Å². The number of hydrogen-bond acceptors (Lipinski definition) is 5. The molecule has 1 aromatic rings. The van der Waals surface area contributed by atoms with Crippen LogP contribution in [0.15, 0.2) is 16.1 Å². The predicted molar refractivity (Wildman–Crippen MR) is 49.5 cm³/mol. The zero-order chi connectivity index (χ0) is 11.8. The molecule has 0 spiro atoms. The van der Waals surface area contributed by atoms with Gasteiger partial charge in [0, 0.05) is 13.3 Å². The third-order valence-corrected chi connectivity index (χ3v) is 2.73. The fraction of sp³-hybridized carbons (Fsp3) is 0.286. The molecule has 0 aliphatic carbocycles. The molecule has 15 heavy (non-hydrogen) atoms. The summed E-state index contributed by atoms with van der Waals surface area (Å²) in [7, 11) is -2.49. The Bertz CT molecular complexity index is 572. The highest BCUT2D eigenvalue weighted by Crippen LogP contribution is 2.01.